The molecule has 0 aliphatic carbocycles. The monoisotopic (exact) mass is 404 g/mol. The zero-order chi connectivity index (χ0) is 20.6. The van der Waals surface area contributed by atoms with E-state index in [4.69, 9.17) is 4.74 Å². The first-order valence-electron chi connectivity index (χ1n) is 9.09. The molecule has 0 bridgehead atoms. The SMILES string of the molecule is COc1ccc2cc(C(=O)N[C@@H]3CCN(c4ccc(C(F)(F)F)cn4)C3)[nH]c2c1. The Bertz CT molecular complexity index is 1030. The minimum absolute atomic E-state index is 0.118. The van der Waals surface area contributed by atoms with Crippen LogP contribution in [0.1, 0.15) is 22.5 Å². The van der Waals surface area contributed by atoms with E-state index >= 15 is 0 Å². The van der Waals surface area contributed by atoms with E-state index < -0.39 is 11.7 Å². The highest BCUT2D eigenvalue weighted by molar-refractivity contribution is 5.98. The van der Waals surface area contributed by atoms with Gasteiger partial charge in [0.05, 0.1) is 12.7 Å². The molecular formula is C20H19F3N4O2. The van der Waals surface area contributed by atoms with E-state index in [-0.39, 0.29) is 11.9 Å². The second-order valence-corrected chi connectivity index (χ2v) is 6.94. The van der Waals surface area contributed by atoms with E-state index in [0.717, 1.165) is 23.2 Å². The number of carbonyl (C=O) groups excluding carboxylic acids is 1. The van der Waals surface area contributed by atoms with Crippen LogP contribution in [0.15, 0.2) is 42.6 Å². The summed E-state index contributed by atoms with van der Waals surface area (Å²) in [4.78, 5) is 21.5. The summed E-state index contributed by atoms with van der Waals surface area (Å²) in [5, 5.41) is 3.87. The van der Waals surface area contributed by atoms with Gasteiger partial charge in [-0.05, 0) is 36.8 Å². The van der Waals surface area contributed by atoms with Crippen molar-refractivity contribution >= 4 is 22.6 Å². The first-order valence-corrected chi connectivity index (χ1v) is 9.09. The minimum atomic E-state index is -4.41. The molecule has 1 saturated heterocycles. The van der Waals surface area contributed by atoms with E-state index in [1.807, 2.05) is 23.1 Å². The van der Waals surface area contributed by atoms with Gasteiger partial charge in [-0.3, -0.25) is 4.79 Å². The molecule has 1 amide bonds. The second-order valence-electron chi connectivity index (χ2n) is 6.94. The van der Waals surface area contributed by atoms with Crippen molar-refractivity contribution in [3.05, 3.63) is 53.9 Å². The molecule has 0 radical (unpaired) electrons. The lowest BCUT2D eigenvalue weighted by Crippen LogP contribution is -2.37. The van der Waals surface area contributed by atoms with Gasteiger partial charge in [0.1, 0.15) is 17.3 Å². The van der Waals surface area contributed by atoms with Crippen LogP contribution in [0.5, 0.6) is 5.75 Å². The molecule has 1 atom stereocenters. The van der Waals surface area contributed by atoms with Crippen LogP contribution >= 0.6 is 0 Å². The molecule has 9 heteroatoms. The normalized spacial score (nSPS) is 17.0. The lowest BCUT2D eigenvalue weighted by molar-refractivity contribution is -0.137. The van der Waals surface area contributed by atoms with Crippen molar-refractivity contribution in [3.63, 3.8) is 0 Å². The molecule has 1 aliphatic heterocycles. The Kier molecular flexibility index (Phi) is 4.81. The number of amides is 1. The largest absolute Gasteiger partial charge is 0.497 e. The third-order valence-electron chi connectivity index (χ3n) is 5.00. The fraction of sp³-hybridized carbons (Fsp3) is 0.300. The topological polar surface area (TPSA) is 70.2 Å². The minimum Gasteiger partial charge on any atom is -0.497 e. The number of aromatic amines is 1. The number of alkyl halides is 3. The zero-order valence-corrected chi connectivity index (χ0v) is 15.6. The van der Waals surface area contributed by atoms with Crippen LogP contribution in [0, 0.1) is 0 Å². The Balaban J connectivity index is 1.40. The number of carbonyl (C=O) groups is 1. The van der Waals surface area contributed by atoms with Crippen LogP contribution in [0.25, 0.3) is 10.9 Å². The average Bonchev–Trinajstić information content (AvgIpc) is 3.33. The van der Waals surface area contributed by atoms with Gasteiger partial charge in [-0.2, -0.15) is 13.2 Å². The van der Waals surface area contributed by atoms with Crippen molar-refractivity contribution in [2.24, 2.45) is 0 Å². The van der Waals surface area contributed by atoms with Crippen molar-refractivity contribution in [1.82, 2.24) is 15.3 Å². The Morgan fingerprint density at radius 3 is 2.79 bits per heavy atom. The molecule has 6 nitrogen and oxygen atoms in total. The fourth-order valence-electron chi connectivity index (χ4n) is 3.45. The van der Waals surface area contributed by atoms with Crippen LogP contribution in [-0.4, -0.2) is 42.1 Å². The number of hydrogen-bond donors (Lipinski definition) is 2. The van der Waals surface area contributed by atoms with Gasteiger partial charge in [0.2, 0.25) is 0 Å². The summed E-state index contributed by atoms with van der Waals surface area (Å²) in [5.74, 6) is 0.932. The van der Waals surface area contributed by atoms with Crippen LogP contribution in [0.3, 0.4) is 0 Å². The van der Waals surface area contributed by atoms with Crippen molar-refractivity contribution in [2.75, 3.05) is 25.1 Å². The van der Waals surface area contributed by atoms with Crippen molar-refractivity contribution in [3.8, 4) is 5.75 Å². The van der Waals surface area contributed by atoms with Gasteiger partial charge in [0.25, 0.3) is 5.91 Å². The smallest absolute Gasteiger partial charge is 0.417 e. The molecule has 1 aromatic carbocycles. The molecule has 1 aliphatic rings. The van der Waals surface area contributed by atoms with Gasteiger partial charge >= 0.3 is 6.18 Å². The van der Waals surface area contributed by atoms with Crippen LogP contribution in [-0.2, 0) is 6.18 Å². The number of halogens is 3. The maximum Gasteiger partial charge on any atom is 0.417 e. The quantitative estimate of drug-likeness (QED) is 0.697. The van der Waals surface area contributed by atoms with Crippen molar-refractivity contribution in [1.29, 1.82) is 0 Å². The Morgan fingerprint density at radius 2 is 2.10 bits per heavy atom. The highest BCUT2D eigenvalue weighted by Crippen LogP contribution is 2.30. The number of aromatic nitrogens is 2. The number of nitrogens with zero attached hydrogens (tertiary/aromatic N) is 2. The summed E-state index contributed by atoms with van der Waals surface area (Å²) in [6, 6.07) is 9.55. The van der Waals surface area contributed by atoms with Gasteiger partial charge < -0.3 is 19.9 Å². The molecule has 0 unspecified atom stereocenters. The zero-order valence-electron chi connectivity index (χ0n) is 15.6. The maximum absolute atomic E-state index is 12.7. The predicted molar refractivity (Wildman–Crippen MR) is 102 cm³/mol. The Hall–Kier alpha value is -3.23. The third-order valence-corrected chi connectivity index (χ3v) is 5.00. The highest BCUT2D eigenvalue weighted by atomic mass is 19.4. The Morgan fingerprint density at radius 1 is 1.28 bits per heavy atom. The van der Waals surface area contributed by atoms with Gasteiger partial charge in [0.15, 0.2) is 0 Å². The summed E-state index contributed by atoms with van der Waals surface area (Å²) in [7, 11) is 1.58. The van der Waals surface area contributed by atoms with E-state index in [0.29, 0.717) is 36.8 Å². The average molecular weight is 404 g/mol. The summed E-state index contributed by atoms with van der Waals surface area (Å²) in [5.41, 5.74) is 0.469. The first kappa shape index (κ1) is 19.1. The number of hydrogen-bond acceptors (Lipinski definition) is 4. The maximum atomic E-state index is 12.7. The fourth-order valence-corrected chi connectivity index (χ4v) is 3.45. The molecule has 3 aromatic rings. The molecule has 1 fully saturated rings. The molecule has 29 heavy (non-hydrogen) atoms. The number of ether oxygens (including phenoxy) is 1. The van der Waals surface area contributed by atoms with E-state index in [2.05, 4.69) is 15.3 Å². The van der Waals surface area contributed by atoms with Crippen molar-refractivity contribution in [2.45, 2.75) is 18.6 Å². The molecule has 4 rings (SSSR count). The molecular weight excluding hydrogens is 385 g/mol. The number of anilines is 1. The molecule has 0 spiro atoms. The van der Waals surface area contributed by atoms with E-state index in [1.54, 1.807) is 13.2 Å². The summed E-state index contributed by atoms with van der Waals surface area (Å²) >= 11 is 0. The lowest BCUT2D eigenvalue weighted by Gasteiger charge is -2.18. The van der Waals surface area contributed by atoms with Crippen molar-refractivity contribution < 1.29 is 22.7 Å². The predicted octanol–water partition coefficient (Wildman–Crippen LogP) is 3.60. The molecule has 152 valence electrons. The number of pyridine rings is 1. The number of methoxy groups -OCH3 is 1. The van der Waals surface area contributed by atoms with Gasteiger partial charge in [0, 0.05) is 42.3 Å². The van der Waals surface area contributed by atoms with Gasteiger partial charge in [-0.15, -0.1) is 0 Å². The molecule has 2 N–H and O–H groups in total. The Labute approximate surface area is 164 Å². The molecule has 0 saturated carbocycles. The van der Waals surface area contributed by atoms with Crippen LogP contribution in [0.2, 0.25) is 0 Å². The number of nitrogens with one attached hydrogen (secondary N) is 2. The first-order chi connectivity index (χ1) is 13.8. The van der Waals surface area contributed by atoms with Gasteiger partial charge in [-0.1, -0.05) is 0 Å². The summed E-state index contributed by atoms with van der Waals surface area (Å²) < 4.78 is 43.2. The summed E-state index contributed by atoms with van der Waals surface area (Å²) in [6.07, 6.45) is -2.89. The molecule has 3 heterocycles. The number of fused-ring (bicyclic) bond motifs is 1. The second kappa shape index (κ2) is 7.31. The van der Waals surface area contributed by atoms with E-state index in [9.17, 15) is 18.0 Å². The van der Waals surface area contributed by atoms with Crippen LogP contribution in [0.4, 0.5) is 19.0 Å². The number of rotatable bonds is 4. The molecule has 2 aromatic heterocycles. The lowest BCUT2D eigenvalue weighted by atomic mass is 10.2. The van der Waals surface area contributed by atoms with E-state index in [1.165, 1.54) is 6.07 Å². The number of H-pyrrole nitrogens is 1. The highest BCUT2D eigenvalue weighted by Gasteiger charge is 2.31. The third kappa shape index (κ3) is 3.98. The summed E-state index contributed by atoms with van der Waals surface area (Å²) in [6.45, 7) is 1.09. The van der Waals surface area contributed by atoms with Crippen LogP contribution < -0.4 is 15.0 Å². The number of benzene rings is 1. The van der Waals surface area contributed by atoms with Gasteiger partial charge in [-0.25, -0.2) is 4.98 Å². The standard InChI is InChI=1S/C20H19F3N4O2/c1-29-15-4-2-12-8-17(26-16(12)9-15)19(28)25-14-6-7-27(11-14)18-5-3-13(10-24-18)20(21,22)23/h2-5,8-10,14,26H,6-7,11H2,1H3,(H,25,28)/t14-/m1/s1.